The molecule has 1 aromatic heterocycles. The third kappa shape index (κ3) is 11.3. The number of benzene rings is 12. The van der Waals surface area contributed by atoms with E-state index in [1.54, 1.807) is 0 Å². The van der Waals surface area contributed by atoms with Crippen LogP contribution in [0.25, 0.3) is 95.3 Å². The standard InChI is InChI=1S/C89H78N2O/c1-8-63-28-32-67(33-29-63)70-42-52-85-81(58-70)82-59-71(43-53-86(82)91(85)74-24-16-13-17-25-74)68-40-48-76(49-41-68)90(75-46-38-66(39-47-75)65-36-44-72(45-37-65)88(5,6)7)77-50-51-79-78-26-18-19-27-83(78)89(84(79)60-77,73-22-14-12-15-23-73)54-20-10-11-21-55-92-87-57-61(3)80(56-62(87)4)69-34-30-64(9-2)31-35-69/h8-9,12-19,22-53,56-60H,1-2,10-11,20-21,54-55H2,3-7H3. The molecular formula is C89H78N2O. The summed E-state index contributed by atoms with van der Waals surface area (Å²) < 4.78 is 8.94. The Labute approximate surface area is 543 Å². The lowest BCUT2D eigenvalue weighted by Crippen LogP contribution is -2.27. The van der Waals surface area contributed by atoms with Crippen molar-refractivity contribution < 1.29 is 4.74 Å². The second-order valence-corrected chi connectivity index (χ2v) is 26.0. The Hall–Kier alpha value is -10.5. The highest BCUT2D eigenvalue weighted by Gasteiger charge is 2.44. The molecule has 1 aliphatic rings. The molecule has 3 nitrogen and oxygen atoms in total. The van der Waals surface area contributed by atoms with Crippen LogP contribution in [0.15, 0.2) is 286 Å². The molecule has 0 spiro atoms. The van der Waals surface area contributed by atoms with Gasteiger partial charge in [0.1, 0.15) is 5.75 Å². The van der Waals surface area contributed by atoms with Gasteiger partial charge in [0, 0.05) is 38.9 Å². The largest absolute Gasteiger partial charge is 0.493 e. The summed E-state index contributed by atoms with van der Waals surface area (Å²) in [4.78, 5) is 2.46. The van der Waals surface area contributed by atoms with Crippen molar-refractivity contribution in [1.29, 1.82) is 0 Å². The van der Waals surface area contributed by atoms with Crippen LogP contribution in [-0.4, -0.2) is 11.2 Å². The molecule has 0 saturated carbocycles. The maximum atomic E-state index is 6.53. The number of para-hydroxylation sites is 1. The van der Waals surface area contributed by atoms with E-state index in [9.17, 15) is 0 Å². The van der Waals surface area contributed by atoms with Gasteiger partial charge in [-0.25, -0.2) is 0 Å². The first kappa shape index (κ1) is 59.2. The van der Waals surface area contributed by atoms with E-state index >= 15 is 0 Å². The zero-order valence-corrected chi connectivity index (χ0v) is 53.6. The summed E-state index contributed by atoms with van der Waals surface area (Å²) in [7, 11) is 0. The maximum absolute atomic E-state index is 6.53. The van der Waals surface area contributed by atoms with Gasteiger partial charge in [-0.3, -0.25) is 0 Å². The normalized spacial score (nSPS) is 13.4. The molecule has 12 aromatic carbocycles. The molecule has 0 bridgehead atoms. The lowest BCUT2D eigenvalue weighted by molar-refractivity contribution is 0.301. The number of unbranched alkanes of at least 4 members (excludes halogenated alkanes) is 3. The van der Waals surface area contributed by atoms with Gasteiger partial charge in [-0.1, -0.05) is 253 Å². The van der Waals surface area contributed by atoms with Crippen LogP contribution in [0.5, 0.6) is 5.75 Å². The number of nitrogens with zero attached hydrogens (tertiary/aromatic N) is 2. The van der Waals surface area contributed by atoms with E-state index in [1.807, 2.05) is 12.2 Å². The second kappa shape index (κ2) is 25.1. The third-order valence-electron chi connectivity index (χ3n) is 19.3. The Bertz CT molecular complexity index is 4820. The monoisotopic (exact) mass is 1190 g/mol. The van der Waals surface area contributed by atoms with E-state index in [0.29, 0.717) is 6.61 Å². The van der Waals surface area contributed by atoms with Gasteiger partial charge in [0.2, 0.25) is 0 Å². The van der Waals surface area contributed by atoms with Crippen LogP contribution in [0.4, 0.5) is 17.1 Å². The van der Waals surface area contributed by atoms with Crippen LogP contribution < -0.4 is 9.64 Å². The molecule has 1 heterocycles. The zero-order chi connectivity index (χ0) is 62.9. The van der Waals surface area contributed by atoms with Crippen molar-refractivity contribution in [1.82, 2.24) is 4.57 Å². The summed E-state index contributed by atoms with van der Waals surface area (Å²) in [5.41, 5.74) is 28.7. The molecule has 0 radical (unpaired) electrons. The highest BCUT2D eigenvalue weighted by molar-refractivity contribution is 6.11. The summed E-state index contributed by atoms with van der Waals surface area (Å²) in [6, 6.07) is 102. The smallest absolute Gasteiger partial charge is 0.122 e. The van der Waals surface area contributed by atoms with Crippen molar-refractivity contribution in [2.75, 3.05) is 11.5 Å². The first-order valence-corrected chi connectivity index (χ1v) is 32.7. The van der Waals surface area contributed by atoms with Crippen LogP contribution in [0, 0.1) is 13.8 Å². The zero-order valence-electron chi connectivity index (χ0n) is 53.6. The minimum absolute atomic E-state index is 0.0795. The van der Waals surface area contributed by atoms with Gasteiger partial charge < -0.3 is 14.2 Å². The molecule has 14 rings (SSSR count). The summed E-state index contributed by atoms with van der Waals surface area (Å²) in [6.07, 6.45) is 9.02. The van der Waals surface area contributed by atoms with Gasteiger partial charge in [0.25, 0.3) is 0 Å². The van der Waals surface area contributed by atoms with Crippen molar-refractivity contribution in [3.8, 4) is 67.1 Å². The first-order valence-electron chi connectivity index (χ1n) is 32.7. The van der Waals surface area contributed by atoms with Gasteiger partial charge in [0.15, 0.2) is 0 Å². The van der Waals surface area contributed by atoms with Crippen LogP contribution in [0.2, 0.25) is 0 Å². The Morgan fingerprint density at radius 3 is 1.49 bits per heavy atom. The lowest BCUT2D eigenvalue weighted by Gasteiger charge is -2.34. The molecule has 1 atom stereocenters. The van der Waals surface area contributed by atoms with E-state index in [1.165, 1.54) is 99.7 Å². The highest BCUT2D eigenvalue weighted by atomic mass is 16.5. The Kier molecular flexibility index (Phi) is 16.1. The molecule has 1 unspecified atom stereocenters. The number of aryl methyl sites for hydroxylation is 2. The van der Waals surface area contributed by atoms with Crippen molar-refractivity contribution in [3.63, 3.8) is 0 Å². The number of hydrogen-bond donors (Lipinski definition) is 0. The highest BCUT2D eigenvalue weighted by Crippen LogP contribution is 2.57. The SMILES string of the molecule is C=Cc1ccc(-c2ccc3c(c2)c2cc(-c4ccc(N(c5ccc(-c6ccc(C(C)(C)C)cc6)cc5)c5ccc6c(c5)C(CCCCCCOc5cc(C)c(-c7ccc(C=C)cc7)cc5C)(c5ccccc5)c5ccccc5-6)cc4)ccc2n3-c2ccccc2)cc1. The number of hydrogen-bond acceptors (Lipinski definition) is 2. The number of rotatable bonds is 19. The fourth-order valence-electron chi connectivity index (χ4n) is 14.3. The molecule has 0 amide bonds. The van der Waals surface area contributed by atoms with Crippen molar-refractivity contribution >= 4 is 51.0 Å². The predicted molar refractivity (Wildman–Crippen MR) is 392 cm³/mol. The number of fused-ring (bicyclic) bond motifs is 6. The average molecular weight is 1190 g/mol. The fourth-order valence-corrected chi connectivity index (χ4v) is 14.3. The quantitative estimate of drug-likeness (QED) is 0.0751. The Morgan fingerprint density at radius 2 is 0.902 bits per heavy atom. The second-order valence-electron chi connectivity index (χ2n) is 26.0. The predicted octanol–water partition coefficient (Wildman–Crippen LogP) is 24.5. The average Bonchev–Trinajstić information content (AvgIpc) is 1.55. The van der Waals surface area contributed by atoms with Crippen LogP contribution >= 0.6 is 0 Å². The Morgan fingerprint density at radius 1 is 0.413 bits per heavy atom. The first-order chi connectivity index (χ1) is 44.9. The number of aromatic nitrogens is 1. The third-order valence-corrected chi connectivity index (χ3v) is 19.3. The van der Waals surface area contributed by atoms with Gasteiger partial charge in [0.05, 0.1) is 17.6 Å². The van der Waals surface area contributed by atoms with Crippen LogP contribution in [0.3, 0.4) is 0 Å². The van der Waals surface area contributed by atoms with E-state index in [0.717, 1.165) is 82.9 Å². The minimum atomic E-state index is -0.361. The summed E-state index contributed by atoms with van der Waals surface area (Å²) in [6.45, 7) is 19.8. The summed E-state index contributed by atoms with van der Waals surface area (Å²) in [5.74, 6) is 0.974. The number of ether oxygens (including phenoxy) is 1. The van der Waals surface area contributed by atoms with Crippen LogP contribution in [-0.2, 0) is 10.8 Å². The molecule has 0 aliphatic heterocycles. The van der Waals surface area contributed by atoms with Gasteiger partial charge in [-0.05, 0) is 217 Å². The molecule has 1 aliphatic carbocycles. The van der Waals surface area contributed by atoms with E-state index in [2.05, 4.69) is 330 Å². The molecule has 0 saturated heterocycles. The minimum Gasteiger partial charge on any atom is -0.493 e. The Balaban J connectivity index is 0.800. The molecule has 92 heavy (non-hydrogen) atoms. The van der Waals surface area contributed by atoms with E-state index < -0.39 is 0 Å². The van der Waals surface area contributed by atoms with Gasteiger partial charge >= 0.3 is 0 Å². The molecule has 3 heteroatoms. The van der Waals surface area contributed by atoms with Gasteiger partial charge in [-0.15, -0.1) is 0 Å². The van der Waals surface area contributed by atoms with Crippen LogP contribution in [0.1, 0.15) is 97.4 Å². The van der Waals surface area contributed by atoms with Crippen molar-refractivity contribution in [3.05, 3.63) is 331 Å². The summed E-state index contributed by atoms with van der Waals surface area (Å²) in [5, 5.41) is 2.44. The van der Waals surface area contributed by atoms with Crippen molar-refractivity contribution in [2.45, 2.75) is 77.6 Å². The molecule has 0 fully saturated rings. The molecular weight excluding hydrogens is 1110 g/mol. The topological polar surface area (TPSA) is 17.4 Å². The van der Waals surface area contributed by atoms with Gasteiger partial charge in [-0.2, -0.15) is 0 Å². The lowest BCUT2D eigenvalue weighted by atomic mass is 9.69. The van der Waals surface area contributed by atoms with Crippen molar-refractivity contribution in [2.24, 2.45) is 0 Å². The fraction of sp³-hybridized carbons (Fsp3) is 0.146. The van der Waals surface area contributed by atoms with E-state index in [4.69, 9.17) is 4.74 Å². The maximum Gasteiger partial charge on any atom is 0.122 e. The molecule has 0 N–H and O–H groups in total. The number of anilines is 3. The summed E-state index contributed by atoms with van der Waals surface area (Å²) >= 11 is 0. The van der Waals surface area contributed by atoms with E-state index in [-0.39, 0.29) is 10.8 Å². The molecule has 450 valence electrons. The molecule has 13 aromatic rings.